The number of benzene rings is 1. The van der Waals surface area contributed by atoms with Crippen molar-refractivity contribution in [3.05, 3.63) is 29.3 Å². The maximum absolute atomic E-state index is 10.7. The predicted molar refractivity (Wildman–Crippen MR) is 59.7 cm³/mol. The van der Waals surface area contributed by atoms with E-state index in [0.29, 0.717) is 0 Å². The summed E-state index contributed by atoms with van der Waals surface area (Å²) in [5, 5.41) is 37.3. The van der Waals surface area contributed by atoms with Gasteiger partial charge in [0, 0.05) is 0 Å². The highest BCUT2D eigenvalue weighted by molar-refractivity contribution is 5.90. The van der Waals surface area contributed by atoms with E-state index in [-0.39, 0.29) is 24.1 Å². The lowest BCUT2D eigenvalue weighted by molar-refractivity contribution is 0.0149. The van der Waals surface area contributed by atoms with Crippen LogP contribution in [0.1, 0.15) is 28.4 Å². The molecule has 0 aromatic heterocycles. The molecule has 1 aromatic rings. The highest BCUT2D eigenvalue weighted by Gasteiger charge is 2.19. The van der Waals surface area contributed by atoms with Crippen molar-refractivity contribution in [1.29, 1.82) is 0 Å². The summed E-state index contributed by atoms with van der Waals surface area (Å²) >= 11 is 0. The number of aromatic carboxylic acids is 1. The Kier molecular flexibility index (Phi) is 4.45. The van der Waals surface area contributed by atoms with Gasteiger partial charge < -0.3 is 26.2 Å². The number of carboxylic acids is 1. The van der Waals surface area contributed by atoms with Crippen LogP contribution < -0.4 is 5.73 Å². The molecule has 0 spiro atoms. The molecule has 0 aliphatic rings. The number of rotatable bonds is 5. The monoisotopic (exact) mass is 241 g/mol. The third kappa shape index (κ3) is 3.16. The zero-order valence-corrected chi connectivity index (χ0v) is 9.08. The van der Waals surface area contributed by atoms with Gasteiger partial charge in [-0.3, -0.25) is 0 Å². The molecule has 0 heterocycles. The minimum absolute atomic E-state index is 0.211. The minimum Gasteiger partial charge on any atom is -0.507 e. The van der Waals surface area contributed by atoms with Gasteiger partial charge in [0.2, 0.25) is 0 Å². The van der Waals surface area contributed by atoms with Gasteiger partial charge in [0.25, 0.3) is 0 Å². The average molecular weight is 241 g/mol. The van der Waals surface area contributed by atoms with Crippen molar-refractivity contribution in [2.45, 2.75) is 18.6 Å². The number of carboxylic acid groups (broad SMARTS) is 1. The summed E-state index contributed by atoms with van der Waals surface area (Å²) in [6.07, 6.45) is -2.04. The largest absolute Gasteiger partial charge is 0.507 e. The van der Waals surface area contributed by atoms with Crippen LogP contribution in [0.4, 0.5) is 0 Å². The van der Waals surface area contributed by atoms with Gasteiger partial charge in [-0.2, -0.15) is 0 Å². The van der Waals surface area contributed by atoms with E-state index in [4.69, 9.17) is 10.8 Å². The van der Waals surface area contributed by atoms with Crippen molar-refractivity contribution in [2.75, 3.05) is 6.54 Å². The van der Waals surface area contributed by atoms with E-state index in [1.807, 2.05) is 0 Å². The average Bonchev–Trinajstić information content (AvgIpc) is 2.27. The fourth-order valence-electron chi connectivity index (χ4n) is 1.46. The molecule has 94 valence electrons. The number of hydrogen-bond acceptors (Lipinski definition) is 5. The van der Waals surface area contributed by atoms with E-state index in [1.54, 1.807) is 0 Å². The Labute approximate surface area is 97.9 Å². The van der Waals surface area contributed by atoms with Crippen LogP contribution in [-0.4, -0.2) is 39.0 Å². The van der Waals surface area contributed by atoms with E-state index in [9.17, 15) is 20.1 Å². The summed E-state index contributed by atoms with van der Waals surface area (Å²) in [6, 6.07) is 3.63. The van der Waals surface area contributed by atoms with Crippen LogP contribution >= 0.6 is 0 Å². The second-order valence-electron chi connectivity index (χ2n) is 3.67. The summed E-state index contributed by atoms with van der Waals surface area (Å²) in [7, 11) is 0. The van der Waals surface area contributed by atoms with Crippen molar-refractivity contribution >= 4 is 5.97 Å². The molecule has 0 aliphatic heterocycles. The highest BCUT2D eigenvalue weighted by atomic mass is 16.4. The topological polar surface area (TPSA) is 124 Å². The molecule has 6 N–H and O–H groups in total. The minimum atomic E-state index is -1.26. The van der Waals surface area contributed by atoms with Gasteiger partial charge in [-0.25, -0.2) is 4.79 Å². The molecule has 1 aromatic carbocycles. The van der Waals surface area contributed by atoms with E-state index >= 15 is 0 Å². The van der Waals surface area contributed by atoms with Crippen molar-refractivity contribution in [2.24, 2.45) is 5.73 Å². The van der Waals surface area contributed by atoms with E-state index < -0.39 is 23.9 Å². The lowest BCUT2D eigenvalue weighted by atomic mass is 10.0. The first kappa shape index (κ1) is 13.4. The quantitative estimate of drug-likeness (QED) is 0.487. The molecule has 0 saturated carbocycles. The van der Waals surface area contributed by atoms with Gasteiger partial charge in [0.1, 0.15) is 17.4 Å². The van der Waals surface area contributed by atoms with Crippen LogP contribution in [0.25, 0.3) is 0 Å². The normalized spacial score (nSPS) is 14.3. The fourth-order valence-corrected chi connectivity index (χ4v) is 1.46. The molecule has 1 rings (SSSR count). The third-order valence-electron chi connectivity index (χ3n) is 2.42. The van der Waals surface area contributed by atoms with E-state index in [2.05, 4.69) is 0 Å². The van der Waals surface area contributed by atoms with Crippen LogP contribution in [0, 0.1) is 0 Å². The maximum Gasteiger partial charge on any atom is 0.339 e. The van der Waals surface area contributed by atoms with Crippen molar-refractivity contribution in [1.82, 2.24) is 0 Å². The molecule has 0 amide bonds. The van der Waals surface area contributed by atoms with Gasteiger partial charge in [0.15, 0.2) is 0 Å². The summed E-state index contributed by atoms with van der Waals surface area (Å²) in [5.41, 5.74) is 5.23. The Morgan fingerprint density at radius 3 is 2.47 bits per heavy atom. The van der Waals surface area contributed by atoms with Gasteiger partial charge in [-0.1, -0.05) is 6.07 Å². The standard InChI is InChI=1S/C11H15NO5/c12-4-3-8(13)10(15)6-1-2-7(11(16)17)9(14)5-6/h1-2,5,8,10,13-15H,3-4,12H2,(H,16,17). The van der Waals surface area contributed by atoms with Crippen LogP contribution in [0.5, 0.6) is 5.75 Å². The molecule has 6 nitrogen and oxygen atoms in total. The molecule has 2 atom stereocenters. The first-order valence-electron chi connectivity index (χ1n) is 5.09. The molecule has 6 heteroatoms. The predicted octanol–water partition coefficient (Wildman–Crippen LogP) is -0.166. The number of aliphatic hydroxyl groups excluding tert-OH is 2. The van der Waals surface area contributed by atoms with E-state index in [0.717, 1.165) is 6.07 Å². The van der Waals surface area contributed by atoms with Crippen LogP contribution in [0.15, 0.2) is 18.2 Å². The number of aliphatic hydroxyl groups is 2. The lowest BCUT2D eigenvalue weighted by Gasteiger charge is -2.17. The zero-order chi connectivity index (χ0) is 13.0. The van der Waals surface area contributed by atoms with Crippen LogP contribution in [-0.2, 0) is 0 Å². The summed E-state index contributed by atoms with van der Waals surface area (Å²) in [4.78, 5) is 10.7. The Hall–Kier alpha value is -1.63. The molecule has 0 aliphatic carbocycles. The van der Waals surface area contributed by atoms with Gasteiger partial charge in [-0.15, -0.1) is 0 Å². The zero-order valence-electron chi connectivity index (χ0n) is 9.08. The van der Waals surface area contributed by atoms with Gasteiger partial charge in [0.05, 0.1) is 6.10 Å². The summed E-state index contributed by atoms with van der Waals surface area (Å²) in [5.74, 6) is -1.71. The highest BCUT2D eigenvalue weighted by Crippen LogP contribution is 2.25. The molecular weight excluding hydrogens is 226 g/mol. The summed E-state index contributed by atoms with van der Waals surface area (Å²) < 4.78 is 0. The first-order chi connectivity index (χ1) is 7.97. The summed E-state index contributed by atoms with van der Waals surface area (Å²) in [6.45, 7) is 0.220. The molecule has 0 fully saturated rings. The molecule has 17 heavy (non-hydrogen) atoms. The second-order valence-corrected chi connectivity index (χ2v) is 3.67. The molecular formula is C11H15NO5. The van der Waals surface area contributed by atoms with Crippen molar-refractivity contribution < 1.29 is 25.2 Å². The Balaban J connectivity index is 2.93. The lowest BCUT2D eigenvalue weighted by Crippen LogP contribution is -2.21. The number of carbonyl (C=O) groups is 1. The molecule has 0 saturated heterocycles. The van der Waals surface area contributed by atoms with Crippen molar-refractivity contribution in [3.8, 4) is 5.75 Å². The smallest absolute Gasteiger partial charge is 0.339 e. The number of aromatic hydroxyl groups is 1. The Bertz CT molecular complexity index is 407. The third-order valence-corrected chi connectivity index (χ3v) is 2.42. The molecule has 2 unspecified atom stereocenters. The molecule has 0 bridgehead atoms. The maximum atomic E-state index is 10.7. The fraction of sp³-hybridized carbons (Fsp3) is 0.364. The Morgan fingerprint density at radius 2 is 2.00 bits per heavy atom. The Morgan fingerprint density at radius 1 is 1.35 bits per heavy atom. The van der Waals surface area contributed by atoms with Crippen LogP contribution in [0.3, 0.4) is 0 Å². The second kappa shape index (κ2) is 5.62. The number of hydrogen-bond donors (Lipinski definition) is 5. The van der Waals surface area contributed by atoms with Gasteiger partial charge >= 0.3 is 5.97 Å². The molecule has 0 radical (unpaired) electrons. The number of nitrogens with two attached hydrogens (primary N) is 1. The van der Waals surface area contributed by atoms with Crippen molar-refractivity contribution in [3.63, 3.8) is 0 Å². The van der Waals surface area contributed by atoms with Gasteiger partial charge in [-0.05, 0) is 30.7 Å². The SMILES string of the molecule is NCCC(O)C(O)c1ccc(C(=O)O)c(O)c1. The van der Waals surface area contributed by atoms with E-state index in [1.165, 1.54) is 12.1 Å². The van der Waals surface area contributed by atoms with Crippen LogP contribution in [0.2, 0.25) is 0 Å². The first-order valence-corrected chi connectivity index (χ1v) is 5.09. The number of phenols is 1.